The van der Waals surface area contributed by atoms with Crippen molar-refractivity contribution in [2.24, 2.45) is 5.92 Å². The monoisotopic (exact) mass is 331 g/mol. The van der Waals surface area contributed by atoms with Crippen molar-refractivity contribution in [3.63, 3.8) is 0 Å². The zero-order valence-electron chi connectivity index (χ0n) is 14.5. The molecule has 1 aromatic carbocycles. The minimum Gasteiger partial charge on any atom is -0.326 e. The molecule has 1 unspecified atom stereocenters. The van der Waals surface area contributed by atoms with Crippen molar-refractivity contribution in [1.82, 2.24) is 10.2 Å². The van der Waals surface area contributed by atoms with Gasteiger partial charge < -0.3 is 10.6 Å². The van der Waals surface area contributed by atoms with E-state index < -0.39 is 12.1 Å². The molecular weight excluding hydrogens is 306 g/mol. The van der Waals surface area contributed by atoms with Gasteiger partial charge in [0.2, 0.25) is 5.91 Å². The number of benzene rings is 1. The van der Waals surface area contributed by atoms with E-state index in [1.807, 2.05) is 38.1 Å². The Morgan fingerprint density at radius 3 is 2.50 bits per heavy atom. The van der Waals surface area contributed by atoms with Gasteiger partial charge in [-0.2, -0.15) is 0 Å². The molecule has 1 aliphatic rings. The molecule has 4 amide bonds. The first-order valence-electron chi connectivity index (χ1n) is 8.41. The van der Waals surface area contributed by atoms with Crippen LogP contribution < -0.4 is 10.6 Å². The summed E-state index contributed by atoms with van der Waals surface area (Å²) in [5.74, 6) is -0.427. The summed E-state index contributed by atoms with van der Waals surface area (Å²) in [6, 6.07) is 6.56. The fraction of sp³-hybridized carbons (Fsp3) is 0.500. The molecule has 0 radical (unpaired) electrons. The number of anilines is 1. The summed E-state index contributed by atoms with van der Waals surface area (Å²) < 4.78 is 0. The molecule has 24 heavy (non-hydrogen) atoms. The predicted molar refractivity (Wildman–Crippen MR) is 92.6 cm³/mol. The summed E-state index contributed by atoms with van der Waals surface area (Å²) >= 11 is 0. The number of rotatable bonds is 7. The maximum Gasteiger partial charge on any atom is 0.325 e. The van der Waals surface area contributed by atoms with Gasteiger partial charge in [0.25, 0.3) is 5.91 Å². The van der Waals surface area contributed by atoms with Gasteiger partial charge in [-0.3, -0.25) is 14.5 Å². The highest BCUT2D eigenvalue weighted by molar-refractivity contribution is 6.07. The summed E-state index contributed by atoms with van der Waals surface area (Å²) in [6.45, 7) is 5.81. The lowest BCUT2D eigenvalue weighted by atomic mass is 10.0. The number of nitrogens with one attached hydrogen (secondary N) is 2. The van der Waals surface area contributed by atoms with Crippen LogP contribution in [0.3, 0.4) is 0 Å². The minimum atomic E-state index is -0.529. The molecule has 0 spiro atoms. The molecule has 1 heterocycles. The van der Waals surface area contributed by atoms with Gasteiger partial charge in [-0.25, -0.2) is 4.79 Å². The second-order valence-electron chi connectivity index (χ2n) is 6.55. The van der Waals surface area contributed by atoms with E-state index in [1.165, 1.54) is 5.56 Å². The SMILES string of the molecule is CCCc1ccc(NC(=O)CN2C(=O)NC(CC(C)C)C2=O)cc1. The highest BCUT2D eigenvalue weighted by Gasteiger charge is 2.38. The lowest BCUT2D eigenvalue weighted by Gasteiger charge is -2.14. The lowest BCUT2D eigenvalue weighted by Crippen LogP contribution is -2.38. The first-order valence-corrected chi connectivity index (χ1v) is 8.41. The Morgan fingerprint density at radius 1 is 1.25 bits per heavy atom. The summed E-state index contributed by atoms with van der Waals surface area (Å²) in [5, 5.41) is 5.36. The molecule has 1 atom stereocenters. The zero-order valence-corrected chi connectivity index (χ0v) is 14.5. The van der Waals surface area contributed by atoms with E-state index >= 15 is 0 Å². The first kappa shape index (κ1) is 18.0. The van der Waals surface area contributed by atoms with Crippen LogP contribution in [-0.4, -0.2) is 35.3 Å². The van der Waals surface area contributed by atoms with Crippen LogP contribution in [0.1, 0.15) is 39.2 Å². The quantitative estimate of drug-likeness (QED) is 0.754. The maximum atomic E-state index is 12.2. The number of nitrogens with zero attached hydrogens (tertiary/aromatic N) is 1. The topological polar surface area (TPSA) is 78.5 Å². The van der Waals surface area contributed by atoms with E-state index in [0.717, 1.165) is 17.7 Å². The Kier molecular flexibility index (Phi) is 5.95. The van der Waals surface area contributed by atoms with Gasteiger partial charge in [-0.15, -0.1) is 0 Å². The average molecular weight is 331 g/mol. The van der Waals surface area contributed by atoms with Crippen LogP contribution in [0.15, 0.2) is 24.3 Å². The van der Waals surface area contributed by atoms with Gasteiger partial charge in [0.1, 0.15) is 12.6 Å². The van der Waals surface area contributed by atoms with Crippen LogP contribution >= 0.6 is 0 Å². The van der Waals surface area contributed by atoms with Gasteiger partial charge in [-0.05, 0) is 36.5 Å². The molecule has 1 aromatic rings. The van der Waals surface area contributed by atoms with Crippen LogP contribution in [0, 0.1) is 5.92 Å². The Hall–Kier alpha value is -2.37. The van der Waals surface area contributed by atoms with E-state index in [9.17, 15) is 14.4 Å². The minimum absolute atomic E-state index is 0.268. The Labute approximate surface area is 142 Å². The van der Waals surface area contributed by atoms with Crippen LogP contribution in [0.4, 0.5) is 10.5 Å². The van der Waals surface area contributed by atoms with Gasteiger partial charge in [0.15, 0.2) is 0 Å². The van der Waals surface area contributed by atoms with Gasteiger partial charge in [-0.1, -0.05) is 39.3 Å². The largest absolute Gasteiger partial charge is 0.326 e. The van der Waals surface area contributed by atoms with Crippen molar-refractivity contribution >= 4 is 23.5 Å². The molecule has 1 fully saturated rings. The number of hydrogen-bond acceptors (Lipinski definition) is 3. The van der Waals surface area contributed by atoms with Gasteiger partial charge >= 0.3 is 6.03 Å². The van der Waals surface area contributed by atoms with E-state index in [0.29, 0.717) is 12.1 Å². The summed E-state index contributed by atoms with van der Waals surface area (Å²) in [6.07, 6.45) is 2.63. The Morgan fingerprint density at radius 2 is 1.92 bits per heavy atom. The molecule has 0 saturated carbocycles. The molecule has 130 valence electrons. The highest BCUT2D eigenvalue weighted by Crippen LogP contribution is 2.15. The second kappa shape index (κ2) is 7.95. The second-order valence-corrected chi connectivity index (χ2v) is 6.55. The van der Waals surface area contributed by atoms with E-state index in [4.69, 9.17) is 0 Å². The van der Waals surface area contributed by atoms with Crippen molar-refractivity contribution in [2.75, 3.05) is 11.9 Å². The average Bonchev–Trinajstić information content (AvgIpc) is 2.76. The summed E-state index contributed by atoms with van der Waals surface area (Å²) in [7, 11) is 0. The standard InChI is InChI=1S/C18H25N3O3/c1-4-5-13-6-8-14(9-7-13)19-16(22)11-21-17(23)15(10-12(2)3)20-18(21)24/h6-9,12,15H,4-5,10-11H2,1-3H3,(H,19,22)(H,20,24). The molecule has 1 aliphatic heterocycles. The molecule has 0 bridgehead atoms. The molecule has 0 aliphatic carbocycles. The highest BCUT2D eigenvalue weighted by atomic mass is 16.2. The van der Waals surface area contributed by atoms with Crippen molar-refractivity contribution < 1.29 is 14.4 Å². The van der Waals surface area contributed by atoms with Crippen LogP contribution in [-0.2, 0) is 16.0 Å². The molecule has 2 rings (SSSR count). The summed E-state index contributed by atoms with van der Waals surface area (Å²) in [5.41, 5.74) is 1.87. The third kappa shape index (κ3) is 4.57. The van der Waals surface area contributed by atoms with Crippen LogP contribution in [0.25, 0.3) is 0 Å². The number of carbonyl (C=O) groups is 3. The molecular formula is C18H25N3O3. The first-order chi connectivity index (χ1) is 11.4. The van der Waals surface area contributed by atoms with Crippen LogP contribution in [0.5, 0.6) is 0 Å². The van der Waals surface area contributed by atoms with E-state index in [-0.39, 0.29) is 24.3 Å². The number of urea groups is 1. The lowest BCUT2D eigenvalue weighted by molar-refractivity contribution is -0.131. The van der Waals surface area contributed by atoms with E-state index in [2.05, 4.69) is 17.6 Å². The van der Waals surface area contributed by atoms with Crippen LogP contribution in [0.2, 0.25) is 0 Å². The smallest absolute Gasteiger partial charge is 0.325 e. The van der Waals surface area contributed by atoms with E-state index in [1.54, 1.807) is 0 Å². The zero-order chi connectivity index (χ0) is 17.7. The molecule has 6 heteroatoms. The number of amides is 4. The summed E-state index contributed by atoms with van der Waals surface area (Å²) in [4.78, 5) is 37.2. The fourth-order valence-electron chi connectivity index (χ4n) is 2.75. The van der Waals surface area contributed by atoms with Crippen molar-refractivity contribution in [1.29, 1.82) is 0 Å². The Bertz CT molecular complexity index is 610. The van der Waals surface area contributed by atoms with Crippen molar-refractivity contribution in [3.8, 4) is 0 Å². The van der Waals surface area contributed by atoms with Crippen molar-refractivity contribution in [3.05, 3.63) is 29.8 Å². The molecule has 0 aromatic heterocycles. The maximum absolute atomic E-state index is 12.2. The number of imide groups is 1. The molecule has 2 N–H and O–H groups in total. The fourth-order valence-corrected chi connectivity index (χ4v) is 2.75. The van der Waals surface area contributed by atoms with Crippen molar-refractivity contribution in [2.45, 2.75) is 46.1 Å². The third-order valence-corrected chi connectivity index (χ3v) is 3.89. The number of aryl methyl sites for hydroxylation is 1. The van der Waals surface area contributed by atoms with Gasteiger partial charge in [0, 0.05) is 5.69 Å². The predicted octanol–water partition coefficient (Wildman–Crippen LogP) is 2.54. The third-order valence-electron chi connectivity index (χ3n) is 3.89. The number of carbonyl (C=O) groups excluding carboxylic acids is 3. The normalized spacial score (nSPS) is 17.3. The molecule has 6 nitrogen and oxygen atoms in total. The molecule has 1 saturated heterocycles. The van der Waals surface area contributed by atoms with Gasteiger partial charge in [0.05, 0.1) is 0 Å². The Balaban J connectivity index is 1.92. The number of hydrogen-bond donors (Lipinski definition) is 2.